The topological polar surface area (TPSA) is 75.1 Å². The molecule has 6 heteroatoms. The second kappa shape index (κ2) is 5.58. The number of carboxylic acid groups (broad SMARTS) is 1. The van der Waals surface area contributed by atoms with E-state index in [2.05, 4.69) is 15.3 Å². The maximum atomic E-state index is 11.1. The third-order valence-electron chi connectivity index (χ3n) is 2.90. The molecule has 0 fully saturated rings. The van der Waals surface area contributed by atoms with E-state index < -0.39 is 11.5 Å². The Labute approximate surface area is 121 Å². The minimum atomic E-state index is -0.947. The van der Waals surface area contributed by atoms with Crippen molar-refractivity contribution in [1.29, 1.82) is 0 Å². The molecule has 0 radical (unpaired) electrons. The fourth-order valence-corrected chi connectivity index (χ4v) is 2.58. The number of carbonyl (C=O) groups is 1. The summed E-state index contributed by atoms with van der Waals surface area (Å²) in [6, 6.07) is 3.15. The van der Waals surface area contributed by atoms with Crippen LogP contribution in [0.4, 0.5) is 5.82 Å². The highest BCUT2D eigenvalue weighted by atomic mass is 32.1. The van der Waals surface area contributed by atoms with Crippen molar-refractivity contribution in [3.63, 3.8) is 0 Å². The number of aromatic carboxylic acids is 1. The molecule has 20 heavy (non-hydrogen) atoms. The van der Waals surface area contributed by atoms with Gasteiger partial charge in [-0.05, 0) is 32.4 Å². The second-order valence-electron chi connectivity index (χ2n) is 4.98. The smallest absolute Gasteiger partial charge is 0.335 e. The number of aromatic nitrogens is 2. The van der Waals surface area contributed by atoms with E-state index in [0.29, 0.717) is 12.2 Å². The first-order valence-corrected chi connectivity index (χ1v) is 7.22. The molecule has 2 N–H and O–H groups in total. The minimum absolute atomic E-state index is 0.245. The van der Waals surface area contributed by atoms with Gasteiger partial charge >= 0.3 is 5.97 Å². The van der Waals surface area contributed by atoms with Gasteiger partial charge in [0.1, 0.15) is 10.8 Å². The largest absolute Gasteiger partial charge is 0.478 e. The first-order valence-electron chi connectivity index (χ1n) is 6.35. The lowest BCUT2D eigenvalue weighted by molar-refractivity contribution is 0.0696. The van der Waals surface area contributed by atoms with Gasteiger partial charge < -0.3 is 10.4 Å². The molecule has 2 heterocycles. The number of nitrogens with zero attached hydrogens (tertiary/aromatic N) is 2. The second-order valence-corrected chi connectivity index (χ2v) is 5.87. The Hall–Kier alpha value is -1.95. The van der Waals surface area contributed by atoms with Crippen LogP contribution in [-0.4, -0.2) is 21.0 Å². The highest BCUT2D eigenvalue weighted by Gasteiger charge is 2.24. The average molecular weight is 291 g/mol. The summed E-state index contributed by atoms with van der Waals surface area (Å²) in [7, 11) is 0. The van der Waals surface area contributed by atoms with E-state index in [4.69, 9.17) is 5.11 Å². The van der Waals surface area contributed by atoms with Crippen LogP contribution in [0.15, 0.2) is 23.7 Å². The van der Waals surface area contributed by atoms with Gasteiger partial charge in [0.2, 0.25) is 0 Å². The Morgan fingerprint density at radius 1 is 1.45 bits per heavy atom. The molecular weight excluding hydrogens is 274 g/mol. The van der Waals surface area contributed by atoms with Crippen molar-refractivity contribution in [2.75, 3.05) is 5.32 Å². The summed E-state index contributed by atoms with van der Waals surface area (Å²) >= 11 is 1.55. The first-order chi connectivity index (χ1) is 9.42. The number of thiazole rings is 1. The van der Waals surface area contributed by atoms with Gasteiger partial charge in [-0.1, -0.05) is 6.92 Å². The van der Waals surface area contributed by atoms with Crippen LogP contribution in [0.5, 0.6) is 0 Å². The van der Waals surface area contributed by atoms with E-state index in [1.54, 1.807) is 29.7 Å². The summed E-state index contributed by atoms with van der Waals surface area (Å²) in [5.41, 5.74) is 0.597. The highest BCUT2D eigenvalue weighted by Crippen LogP contribution is 2.27. The molecule has 0 atom stereocenters. The van der Waals surface area contributed by atoms with Crippen LogP contribution >= 0.6 is 11.3 Å². The molecule has 2 rings (SSSR count). The number of carboxylic acids is 1. The highest BCUT2D eigenvalue weighted by molar-refractivity contribution is 7.09. The van der Waals surface area contributed by atoms with E-state index in [9.17, 15) is 4.79 Å². The van der Waals surface area contributed by atoms with E-state index in [0.717, 1.165) is 10.7 Å². The van der Waals surface area contributed by atoms with Crippen molar-refractivity contribution in [1.82, 2.24) is 9.97 Å². The Morgan fingerprint density at radius 2 is 2.20 bits per heavy atom. The van der Waals surface area contributed by atoms with E-state index in [1.165, 1.54) is 0 Å². The van der Waals surface area contributed by atoms with Crippen LogP contribution in [-0.2, 0) is 12.0 Å². The quantitative estimate of drug-likeness (QED) is 0.885. The molecule has 0 aliphatic rings. The van der Waals surface area contributed by atoms with Crippen LogP contribution < -0.4 is 5.32 Å². The molecule has 2 aromatic rings. The SMILES string of the molecule is CCc1cc(C(=O)O)cc(NC(C)(C)c2nccs2)n1. The number of hydrogen-bond donors (Lipinski definition) is 2. The number of nitrogens with one attached hydrogen (secondary N) is 1. The van der Waals surface area contributed by atoms with Crippen molar-refractivity contribution < 1.29 is 9.90 Å². The number of anilines is 1. The lowest BCUT2D eigenvalue weighted by atomic mass is 10.1. The van der Waals surface area contributed by atoms with Gasteiger partial charge in [0.15, 0.2) is 0 Å². The summed E-state index contributed by atoms with van der Waals surface area (Å²) in [5.74, 6) is -0.390. The number of pyridine rings is 1. The first kappa shape index (κ1) is 14.5. The van der Waals surface area contributed by atoms with Gasteiger partial charge in [-0.15, -0.1) is 11.3 Å². The van der Waals surface area contributed by atoms with E-state index >= 15 is 0 Å². The average Bonchev–Trinajstić information content (AvgIpc) is 2.92. The van der Waals surface area contributed by atoms with Crippen LogP contribution in [0.3, 0.4) is 0 Å². The predicted molar refractivity (Wildman–Crippen MR) is 79.3 cm³/mol. The summed E-state index contributed by atoms with van der Waals surface area (Å²) < 4.78 is 0. The molecule has 0 spiro atoms. The summed E-state index contributed by atoms with van der Waals surface area (Å²) in [4.78, 5) is 19.9. The molecule has 2 aromatic heterocycles. The van der Waals surface area contributed by atoms with Crippen LogP contribution in [0.1, 0.15) is 41.8 Å². The van der Waals surface area contributed by atoms with Gasteiger partial charge in [-0.2, -0.15) is 0 Å². The molecule has 0 aliphatic carbocycles. The monoisotopic (exact) mass is 291 g/mol. The van der Waals surface area contributed by atoms with E-state index in [-0.39, 0.29) is 5.56 Å². The van der Waals surface area contributed by atoms with E-state index in [1.807, 2.05) is 26.2 Å². The minimum Gasteiger partial charge on any atom is -0.478 e. The van der Waals surface area contributed by atoms with Gasteiger partial charge in [0.25, 0.3) is 0 Å². The molecule has 0 saturated heterocycles. The number of hydrogen-bond acceptors (Lipinski definition) is 5. The fourth-order valence-electron chi connectivity index (χ4n) is 1.86. The van der Waals surface area contributed by atoms with Crippen molar-refractivity contribution in [3.8, 4) is 0 Å². The summed E-state index contributed by atoms with van der Waals surface area (Å²) in [6.07, 6.45) is 2.44. The fraction of sp³-hybridized carbons (Fsp3) is 0.357. The van der Waals surface area contributed by atoms with Gasteiger partial charge in [-0.3, -0.25) is 0 Å². The lowest BCUT2D eigenvalue weighted by Gasteiger charge is -2.25. The molecule has 0 aromatic carbocycles. The Bertz CT molecular complexity index is 609. The number of rotatable bonds is 5. The van der Waals surface area contributed by atoms with Crippen molar-refractivity contribution in [2.24, 2.45) is 0 Å². The molecule has 0 bridgehead atoms. The zero-order valence-electron chi connectivity index (χ0n) is 11.7. The normalized spacial score (nSPS) is 11.3. The van der Waals surface area contributed by atoms with Gasteiger partial charge in [0, 0.05) is 17.3 Å². The van der Waals surface area contributed by atoms with Crippen molar-refractivity contribution in [2.45, 2.75) is 32.7 Å². The third kappa shape index (κ3) is 3.14. The maximum Gasteiger partial charge on any atom is 0.335 e. The van der Waals surface area contributed by atoms with Gasteiger partial charge in [-0.25, -0.2) is 14.8 Å². The van der Waals surface area contributed by atoms with Crippen LogP contribution in [0.25, 0.3) is 0 Å². The predicted octanol–water partition coefficient (Wildman–Crippen LogP) is 3.15. The zero-order valence-corrected chi connectivity index (χ0v) is 12.5. The zero-order chi connectivity index (χ0) is 14.8. The summed E-state index contributed by atoms with van der Waals surface area (Å²) in [5, 5.41) is 15.3. The van der Waals surface area contributed by atoms with Crippen LogP contribution in [0, 0.1) is 0 Å². The van der Waals surface area contributed by atoms with Crippen molar-refractivity contribution >= 4 is 23.1 Å². The molecular formula is C14H17N3O2S. The molecule has 0 unspecified atom stereocenters. The molecule has 106 valence electrons. The molecule has 5 nitrogen and oxygen atoms in total. The third-order valence-corrected chi connectivity index (χ3v) is 3.99. The lowest BCUT2D eigenvalue weighted by Crippen LogP contribution is -2.28. The Morgan fingerprint density at radius 3 is 2.75 bits per heavy atom. The Balaban J connectivity index is 2.33. The van der Waals surface area contributed by atoms with Gasteiger partial charge in [0.05, 0.1) is 11.1 Å². The van der Waals surface area contributed by atoms with Crippen molar-refractivity contribution in [3.05, 3.63) is 40.0 Å². The van der Waals surface area contributed by atoms with Crippen LogP contribution in [0.2, 0.25) is 0 Å². The number of aryl methyl sites for hydroxylation is 1. The molecule has 0 saturated carbocycles. The molecule has 0 aliphatic heterocycles. The standard InChI is InChI=1S/C14H17N3O2S/c1-4-10-7-9(12(18)19)8-11(16-10)17-14(2,3)13-15-5-6-20-13/h5-8H,4H2,1-3H3,(H,16,17)(H,18,19). The molecule has 0 amide bonds. The maximum absolute atomic E-state index is 11.1. The Kier molecular flexibility index (Phi) is 4.04. The summed E-state index contributed by atoms with van der Waals surface area (Å²) in [6.45, 7) is 5.93.